The van der Waals surface area contributed by atoms with Gasteiger partial charge in [-0.3, -0.25) is 9.59 Å². The Morgan fingerprint density at radius 2 is 1.72 bits per heavy atom. The van der Waals surface area contributed by atoms with Crippen molar-refractivity contribution in [3.8, 4) is 0 Å². The van der Waals surface area contributed by atoms with E-state index in [9.17, 15) is 18.0 Å². The number of nitrogens with two attached hydrogens (primary N) is 1. The van der Waals surface area contributed by atoms with E-state index in [1.54, 1.807) is 12.1 Å². The zero-order valence-electron chi connectivity index (χ0n) is 17.6. The van der Waals surface area contributed by atoms with Crippen LogP contribution in [0, 0.1) is 5.92 Å². The van der Waals surface area contributed by atoms with E-state index in [0.717, 1.165) is 31.6 Å². The molecule has 0 spiro atoms. The zero-order valence-corrected chi connectivity index (χ0v) is 18.4. The number of aromatic amines is 1. The quantitative estimate of drug-likeness (QED) is 0.587. The van der Waals surface area contributed by atoms with Gasteiger partial charge in [0.2, 0.25) is 15.9 Å². The number of nitrogens with zero attached hydrogens (tertiary/aromatic N) is 2. The number of anilines is 2. The van der Waals surface area contributed by atoms with Crippen LogP contribution in [0.1, 0.15) is 23.3 Å². The minimum absolute atomic E-state index is 0.0549. The van der Waals surface area contributed by atoms with Crippen LogP contribution in [0.4, 0.5) is 11.4 Å². The van der Waals surface area contributed by atoms with Crippen molar-refractivity contribution in [2.45, 2.75) is 17.7 Å². The fourth-order valence-corrected chi connectivity index (χ4v) is 5.37. The second-order valence-electron chi connectivity index (χ2n) is 7.93. The Labute approximate surface area is 186 Å². The largest absolute Gasteiger partial charge is 0.379 e. The Kier molecular flexibility index (Phi) is 6.49. The fourth-order valence-electron chi connectivity index (χ4n) is 3.97. The predicted octanol–water partition coefficient (Wildman–Crippen LogP) is 0.990. The third-order valence-corrected chi connectivity index (χ3v) is 7.77. The Hall–Kier alpha value is -2.89. The van der Waals surface area contributed by atoms with Crippen molar-refractivity contribution in [2.75, 3.05) is 49.6 Å². The summed E-state index contributed by atoms with van der Waals surface area (Å²) in [5.41, 5.74) is 7.15. The summed E-state index contributed by atoms with van der Waals surface area (Å²) in [7, 11) is -3.67. The van der Waals surface area contributed by atoms with Gasteiger partial charge in [-0.2, -0.15) is 4.31 Å². The first-order valence-corrected chi connectivity index (χ1v) is 12.0. The molecule has 0 radical (unpaired) electrons. The maximum Gasteiger partial charge on any atom is 0.272 e. The molecule has 0 aliphatic carbocycles. The lowest BCUT2D eigenvalue weighted by molar-refractivity contribution is -0.122. The molecule has 1 aromatic carbocycles. The number of H-pyrrole nitrogens is 1. The van der Waals surface area contributed by atoms with Gasteiger partial charge < -0.3 is 25.7 Å². The van der Waals surface area contributed by atoms with Crippen LogP contribution in [0.25, 0.3) is 0 Å². The van der Waals surface area contributed by atoms with Crippen LogP contribution in [-0.4, -0.2) is 68.9 Å². The van der Waals surface area contributed by atoms with Gasteiger partial charge in [-0.1, -0.05) is 0 Å². The van der Waals surface area contributed by atoms with Crippen molar-refractivity contribution in [2.24, 2.45) is 11.7 Å². The average Bonchev–Trinajstić information content (AvgIpc) is 3.32. The molecule has 2 aliphatic rings. The highest BCUT2D eigenvalue weighted by Gasteiger charge is 2.28. The second-order valence-corrected chi connectivity index (χ2v) is 9.87. The van der Waals surface area contributed by atoms with Gasteiger partial charge in [0.25, 0.3) is 5.91 Å². The number of piperidine rings is 1. The highest BCUT2D eigenvalue weighted by molar-refractivity contribution is 7.89. The van der Waals surface area contributed by atoms with Crippen LogP contribution >= 0.6 is 0 Å². The molecule has 11 heteroatoms. The van der Waals surface area contributed by atoms with Gasteiger partial charge in [0.1, 0.15) is 10.6 Å². The lowest BCUT2D eigenvalue weighted by Crippen LogP contribution is -2.40. The Morgan fingerprint density at radius 1 is 1.06 bits per heavy atom. The number of amides is 2. The van der Waals surface area contributed by atoms with Crippen molar-refractivity contribution in [1.82, 2.24) is 9.29 Å². The van der Waals surface area contributed by atoms with Crippen LogP contribution in [0.5, 0.6) is 0 Å². The van der Waals surface area contributed by atoms with E-state index in [1.807, 2.05) is 12.1 Å². The Balaban J connectivity index is 1.37. The molecule has 3 heterocycles. The van der Waals surface area contributed by atoms with E-state index in [-0.39, 0.29) is 22.4 Å². The molecule has 32 heavy (non-hydrogen) atoms. The molecular weight excluding hydrogens is 434 g/mol. The summed E-state index contributed by atoms with van der Waals surface area (Å²) in [6.07, 6.45) is 2.80. The summed E-state index contributed by atoms with van der Waals surface area (Å²) in [4.78, 5) is 28.9. The summed E-state index contributed by atoms with van der Waals surface area (Å²) in [5.74, 6) is -0.737. The van der Waals surface area contributed by atoms with Crippen LogP contribution in [0.2, 0.25) is 0 Å². The number of hydrogen-bond acceptors (Lipinski definition) is 6. The number of primary amides is 1. The topological polar surface area (TPSA) is 138 Å². The first kappa shape index (κ1) is 22.3. The number of carbonyl (C=O) groups excluding carboxylic acids is 2. The molecule has 0 bridgehead atoms. The van der Waals surface area contributed by atoms with E-state index in [0.29, 0.717) is 32.0 Å². The summed E-state index contributed by atoms with van der Waals surface area (Å²) in [6.45, 7) is 2.81. The van der Waals surface area contributed by atoms with Crippen molar-refractivity contribution >= 4 is 33.2 Å². The van der Waals surface area contributed by atoms with Crippen molar-refractivity contribution < 1.29 is 22.7 Å². The Morgan fingerprint density at radius 3 is 2.34 bits per heavy atom. The highest BCUT2D eigenvalue weighted by Crippen LogP contribution is 2.25. The van der Waals surface area contributed by atoms with Crippen LogP contribution in [0.3, 0.4) is 0 Å². The summed E-state index contributed by atoms with van der Waals surface area (Å²) >= 11 is 0. The van der Waals surface area contributed by atoms with Crippen molar-refractivity contribution in [3.63, 3.8) is 0 Å². The lowest BCUT2D eigenvalue weighted by Gasteiger charge is -2.32. The highest BCUT2D eigenvalue weighted by atomic mass is 32.2. The SMILES string of the molecule is NC(=O)C1CCN(c2ccc(NC(=O)c3cc(S(=O)(=O)N4CCOCC4)c[nH]3)cc2)CC1. The number of ether oxygens (including phenoxy) is 1. The van der Waals surface area contributed by atoms with Crippen LogP contribution in [0.15, 0.2) is 41.4 Å². The van der Waals surface area contributed by atoms with E-state index in [2.05, 4.69) is 15.2 Å². The molecular formula is C21H27N5O5S. The van der Waals surface area contributed by atoms with Gasteiger partial charge in [-0.15, -0.1) is 0 Å². The molecule has 0 saturated carbocycles. The standard InChI is InChI=1S/C21H27N5O5S/c22-20(27)15-5-7-25(8-6-15)17-3-1-16(2-4-17)24-21(28)19-13-18(14-23-19)32(29,30)26-9-11-31-12-10-26/h1-4,13-15,23H,5-12H2,(H2,22,27)(H,24,28). The van der Waals surface area contributed by atoms with E-state index in [1.165, 1.54) is 16.6 Å². The summed E-state index contributed by atoms with van der Waals surface area (Å²) in [5, 5.41) is 2.78. The van der Waals surface area contributed by atoms with E-state index >= 15 is 0 Å². The number of benzene rings is 1. The first-order valence-electron chi connectivity index (χ1n) is 10.6. The Bertz CT molecular complexity index is 1070. The molecule has 0 atom stereocenters. The third-order valence-electron chi connectivity index (χ3n) is 5.90. The van der Waals surface area contributed by atoms with Gasteiger partial charge in [0.05, 0.1) is 13.2 Å². The van der Waals surface area contributed by atoms with Gasteiger partial charge in [-0.05, 0) is 43.2 Å². The number of sulfonamides is 1. The van der Waals surface area contributed by atoms with Gasteiger partial charge in [0.15, 0.2) is 0 Å². The predicted molar refractivity (Wildman–Crippen MR) is 119 cm³/mol. The summed E-state index contributed by atoms with van der Waals surface area (Å²) < 4.78 is 32.0. The smallest absolute Gasteiger partial charge is 0.272 e. The molecule has 2 aromatic rings. The number of hydrogen-bond donors (Lipinski definition) is 3. The van der Waals surface area contributed by atoms with E-state index < -0.39 is 15.9 Å². The van der Waals surface area contributed by atoms with Gasteiger partial charge in [0, 0.05) is 49.7 Å². The minimum Gasteiger partial charge on any atom is -0.379 e. The molecule has 2 aliphatic heterocycles. The molecule has 2 amide bonds. The fraction of sp³-hybridized carbons (Fsp3) is 0.429. The third kappa shape index (κ3) is 4.79. The number of carbonyl (C=O) groups is 2. The zero-order chi connectivity index (χ0) is 22.7. The molecule has 2 saturated heterocycles. The van der Waals surface area contributed by atoms with Crippen LogP contribution in [-0.2, 0) is 19.6 Å². The molecule has 0 unspecified atom stereocenters. The molecule has 10 nitrogen and oxygen atoms in total. The van der Waals surface area contributed by atoms with Crippen LogP contribution < -0.4 is 16.0 Å². The number of aromatic nitrogens is 1. The molecule has 2 fully saturated rings. The van der Waals surface area contributed by atoms with Crippen molar-refractivity contribution in [3.05, 3.63) is 42.2 Å². The minimum atomic E-state index is -3.67. The molecule has 4 N–H and O–H groups in total. The maximum atomic E-state index is 12.7. The normalized spacial score (nSPS) is 18.4. The lowest BCUT2D eigenvalue weighted by atomic mass is 9.96. The second kappa shape index (κ2) is 9.31. The number of nitrogens with one attached hydrogen (secondary N) is 2. The maximum absolute atomic E-state index is 12.7. The number of rotatable bonds is 6. The van der Waals surface area contributed by atoms with Gasteiger partial charge in [-0.25, -0.2) is 8.42 Å². The van der Waals surface area contributed by atoms with E-state index in [4.69, 9.17) is 10.5 Å². The monoisotopic (exact) mass is 461 g/mol. The average molecular weight is 462 g/mol. The molecule has 1 aromatic heterocycles. The summed E-state index contributed by atoms with van der Waals surface area (Å²) in [6, 6.07) is 8.74. The van der Waals surface area contributed by atoms with Gasteiger partial charge >= 0.3 is 0 Å². The van der Waals surface area contributed by atoms with Crippen molar-refractivity contribution in [1.29, 1.82) is 0 Å². The first-order chi connectivity index (χ1) is 15.3. The molecule has 172 valence electrons. The molecule has 4 rings (SSSR count). The number of morpholine rings is 1.